The van der Waals surface area contributed by atoms with Gasteiger partial charge in [-0.3, -0.25) is 9.59 Å². The minimum Gasteiger partial charge on any atom is -0.493 e. The average molecular weight is 468 g/mol. The molecule has 2 aromatic carbocycles. The monoisotopic (exact) mass is 467 g/mol. The van der Waals surface area contributed by atoms with Crippen molar-refractivity contribution in [3.8, 4) is 17.2 Å². The number of nitrogens with zero attached hydrogens (tertiary/aromatic N) is 2. The Balaban J connectivity index is 1.54. The highest BCUT2D eigenvalue weighted by atomic mass is 32.1. The number of rotatable bonds is 8. The van der Waals surface area contributed by atoms with E-state index in [1.807, 2.05) is 30.3 Å². The molecule has 1 saturated heterocycles. The smallest absolute Gasteiger partial charge is 0.254 e. The summed E-state index contributed by atoms with van der Waals surface area (Å²) < 4.78 is 17.0. The Labute approximate surface area is 196 Å². The molecule has 1 aliphatic heterocycles. The Bertz CT molecular complexity index is 1080. The molecule has 4 rings (SSSR count). The number of aromatic nitrogens is 1. The number of methoxy groups -OCH3 is 2. The maximum Gasteiger partial charge on any atom is 0.254 e. The lowest BCUT2D eigenvalue weighted by atomic mass is 10.1. The highest BCUT2D eigenvalue weighted by Gasteiger charge is 2.35. The van der Waals surface area contributed by atoms with Gasteiger partial charge in [0.15, 0.2) is 16.6 Å². The van der Waals surface area contributed by atoms with Crippen molar-refractivity contribution in [3.63, 3.8) is 0 Å². The molecule has 1 unspecified atom stereocenters. The van der Waals surface area contributed by atoms with Crippen LogP contribution < -0.4 is 19.5 Å². The first-order valence-electron chi connectivity index (χ1n) is 10.5. The number of carbonyl (C=O) groups excluding carboxylic acids is 2. The van der Waals surface area contributed by atoms with Crippen LogP contribution in [0.15, 0.2) is 54.0 Å². The number of nitrogens with one attached hydrogen (secondary N) is 1. The van der Waals surface area contributed by atoms with Crippen LogP contribution >= 0.6 is 11.3 Å². The Morgan fingerprint density at radius 3 is 2.52 bits per heavy atom. The second kappa shape index (κ2) is 10.4. The zero-order valence-electron chi connectivity index (χ0n) is 18.4. The lowest BCUT2D eigenvalue weighted by Crippen LogP contribution is -2.43. The fraction of sp³-hybridized carbons (Fsp3) is 0.292. The predicted octanol–water partition coefficient (Wildman–Crippen LogP) is 3.98. The molecule has 33 heavy (non-hydrogen) atoms. The predicted molar refractivity (Wildman–Crippen MR) is 125 cm³/mol. The van der Waals surface area contributed by atoms with Crippen LogP contribution in [0.5, 0.6) is 17.2 Å². The molecule has 8 nitrogen and oxygen atoms in total. The molecule has 0 radical (unpaired) electrons. The Kier molecular flexibility index (Phi) is 7.09. The van der Waals surface area contributed by atoms with Crippen molar-refractivity contribution in [3.05, 3.63) is 65.2 Å². The maximum atomic E-state index is 13.4. The molecule has 1 N–H and O–H groups in total. The van der Waals surface area contributed by atoms with Gasteiger partial charge in [-0.25, -0.2) is 4.98 Å². The van der Waals surface area contributed by atoms with Crippen molar-refractivity contribution in [2.45, 2.75) is 25.5 Å². The van der Waals surface area contributed by atoms with Crippen LogP contribution in [-0.2, 0) is 11.4 Å². The third-order valence-corrected chi connectivity index (χ3v) is 6.10. The van der Waals surface area contributed by atoms with E-state index in [9.17, 15) is 9.59 Å². The topological polar surface area (TPSA) is 90.0 Å². The van der Waals surface area contributed by atoms with Crippen molar-refractivity contribution in [1.29, 1.82) is 0 Å². The summed E-state index contributed by atoms with van der Waals surface area (Å²) in [6.07, 6.45) is 2.96. The summed E-state index contributed by atoms with van der Waals surface area (Å²) in [6, 6.07) is 12.4. The lowest BCUT2D eigenvalue weighted by molar-refractivity contribution is -0.119. The van der Waals surface area contributed by atoms with E-state index in [1.54, 1.807) is 28.6 Å². The van der Waals surface area contributed by atoms with E-state index in [1.165, 1.54) is 25.6 Å². The van der Waals surface area contributed by atoms with Crippen molar-refractivity contribution in [2.24, 2.45) is 0 Å². The van der Waals surface area contributed by atoms with Crippen molar-refractivity contribution in [1.82, 2.24) is 9.88 Å². The normalized spacial score (nSPS) is 15.2. The molecule has 0 spiro atoms. The molecule has 1 aliphatic rings. The molecule has 172 valence electrons. The van der Waals surface area contributed by atoms with E-state index in [0.717, 1.165) is 12.0 Å². The number of anilines is 1. The number of likely N-dealkylation sites (tertiary alicyclic amines) is 1. The molecular weight excluding hydrogens is 442 g/mol. The number of ether oxygens (including phenoxy) is 3. The first-order chi connectivity index (χ1) is 16.1. The highest BCUT2D eigenvalue weighted by Crippen LogP contribution is 2.40. The number of amides is 2. The average Bonchev–Trinajstić information content (AvgIpc) is 3.54. The second-order valence-electron chi connectivity index (χ2n) is 7.47. The minimum absolute atomic E-state index is 0.238. The quantitative estimate of drug-likeness (QED) is 0.539. The van der Waals surface area contributed by atoms with Gasteiger partial charge in [0.2, 0.25) is 11.7 Å². The summed E-state index contributed by atoms with van der Waals surface area (Å²) in [5.41, 5.74) is 1.36. The summed E-state index contributed by atoms with van der Waals surface area (Å²) in [5.74, 6) is 0.684. The first kappa shape index (κ1) is 22.6. The van der Waals surface area contributed by atoms with Crippen LogP contribution in [0, 0.1) is 0 Å². The van der Waals surface area contributed by atoms with E-state index in [-0.39, 0.29) is 11.8 Å². The molecular formula is C24H25N3O5S. The molecule has 2 heterocycles. The summed E-state index contributed by atoms with van der Waals surface area (Å²) in [6.45, 7) is 0.817. The van der Waals surface area contributed by atoms with Gasteiger partial charge in [0, 0.05) is 23.7 Å². The molecule has 1 atom stereocenters. The number of hydrogen-bond acceptors (Lipinski definition) is 7. The van der Waals surface area contributed by atoms with E-state index in [0.29, 0.717) is 47.5 Å². The van der Waals surface area contributed by atoms with Gasteiger partial charge in [0.1, 0.15) is 12.6 Å². The zero-order valence-corrected chi connectivity index (χ0v) is 19.3. The van der Waals surface area contributed by atoms with Gasteiger partial charge in [-0.1, -0.05) is 30.3 Å². The number of carbonyl (C=O) groups is 2. The second-order valence-corrected chi connectivity index (χ2v) is 8.36. The highest BCUT2D eigenvalue weighted by molar-refractivity contribution is 7.13. The maximum absolute atomic E-state index is 13.4. The molecule has 0 aliphatic carbocycles. The van der Waals surface area contributed by atoms with Gasteiger partial charge < -0.3 is 24.4 Å². The zero-order chi connectivity index (χ0) is 23.2. The van der Waals surface area contributed by atoms with E-state index in [4.69, 9.17) is 14.2 Å². The van der Waals surface area contributed by atoms with E-state index >= 15 is 0 Å². The SMILES string of the molecule is COc1cc(C(=O)N2CCCC2C(=O)Nc2nccs2)cc(OC)c1OCc1ccccc1. The Hall–Kier alpha value is -3.59. The number of benzene rings is 2. The van der Waals surface area contributed by atoms with E-state index in [2.05, 4.69) is 10.3 Å². The van der Waals surface area contributed by atoms with Crippen LogP contribution in [0.4, 0.5) is 5.13 Å². The fourth-order valence-corrected chi connectivity index (χ4v) is 4.33. The number of hydrogen-bond donors (Lipinski definition) is 1. The van der Waals surface area contributed by atoms with Gasteiger partial charge in [-0.15, -0.1) is 11.3 Å². The number of thiazole rings is 1. The van der Waals surface area contributed by atoms with Crippen LogP contribution in [0.3, 0.4) is 0 Å². The Morgan fingerprint density at radius 1 is 1.15 bits per heavy atom. The van der Waals surface area contributed by atoms with Gasteiger partial charge >= 0.3 is 0 Å². The van der Waals surface area contributed by atoms with Crippen LogP contribution in [0.2, 0.25) is 0 Å². The third-order valence-electron chi connectivity index (χ3n) is 5.41. The standard InChI is InChI=1S/C24H25N3O5S/c1-30-19-13-17(14-20(31-2)21(19)32-15-16-7-4-3-5-8-16)23(29)27-11-6-9-18(27)22(28)26-24-25-10-12-33-24/h3-5,7-8,10,12-14,18H,6,9,11,15H2,1-2H3,(H,25,26,28). The van der Waals surface area contributed by atoms with Crippen molar-refractivity contribution in [2.75, 3.05) is 26.1 Å². The van der Waals surface area contributed by atoms with Crippen LogP contribution in [0.25, 0.3) is 0 Å². The molecule has 2 amide bonds. The Morgan fingerprint density at radius 2 is 1.88 bits per heavy atom. The lowest BCUT2D eigenvalue weighted by Gasteiger charge is -2.24. The van der Waals surface area contributed by atoms with Crippen LogP contribution in [-0.4, -0.2) is 48.5 Å². The van der Waals surface area contributed by atoms with Gasteiger partial charge in [-0.05, 0) is 30.5 Å². The first-order valence-corrected chi connectivity index (χ1v) is 11.4. The summed E-state index contributed by atoms with van der Waals surface area (Å²) >= 11 is 1.34. The summed E-state index contributed by atoms with van der Waals surface area (Å²) in [7, 11) is 3.02. The summed E-state index contributed by atoms with van der Waals surface area (Å²) in [4.78, 5) is 31.8. The molecule has 3 aromatic rings. The van der Waals surface area contributed by atoms with E-state index < -0.39 is 6.04 Å². The van der Waals surface area contributed by atoms with Gasteiger partial charge in [0.05, 0.1) is 14.2 Å². The largest absolute Gasteiger partial charge is 0.493 e. The van der Waals surface area contributed by atoms with Crippen molar-refractivity contribution < 1.29 is 23.8 Å². The molecule has 0 saturated carbocycles. The minimum atomic E-state index is -0.563. The van der Waals surface area contributed by atoms with Gasteiger partial charge in [-0.2, -0.15) is 0 Å². The van der Waals surface area contributed by atoms with Crippen LogP contribution in [0.1, 0.15) is 28.8 Å². The van der Waals surface area contributed by atoms with Crippen molar-refractivity contribution >= 4 is 28.3 Å². The molecule has 1 fully saturated rings. The summed E-state index contributed by atoms with van der Waals surface area (Å²) in [5, 5.41) is 5.09. The molecule has 9 heteroatoms. The van der Waals surface area contributed by atoms with Gasteiger partial charge in [0.25, 0.3) is 5.91 Å². The molecule has 1 aromatic heterocycles. The molecule has 0 bridgehead atoms. The third kappa shape index (κ3) is 5.09. The fourth-order valence-electron chi connectivity index (χ4n) is 3.80.